The molecule has 2 aromatic rings. The molecule has 8 nitrogen and oxygen atoms in total. The smallest absolute Gasteiger partial charge is 0.313 e. The first-order valence-corrected chi connectivity index (χ1v) is 7.82. The Hall–Kier alpha value is -1.94. The monoisotopic (exact) mass is 327 g/mol. The molecular weight excluding hydrogens is 314 g/mol. The van der Waals surface area contributed by atoms with Crippen molar-refractivity contribution in [2.24, 2.45) is 7.05 Å². The van der Waals surface area contributed by atoms with Crippen LogP contribution in [0.25, 0.3) is 0 Å². The van der Waals surface area contributed by atoms with Crippen molar-refractivity contribution in [3.05, 3.63) is 17.5 Å². The Labute approximate surface area is 128 Å². The second-order valence-electron chi connectivity index (χ2n) is 4.01. The summed E-state index contributed by atoms with van der Waals surface area (Å²) in [7, 11) is 1.70. The van der Waals surface area contributed by atoms with Gasteiger partial charge in [0.25, 0.3) is 5.91 Å². The van der Waals surface area contributed by atoms with Gasteiger partial charge in [-0.05, 0) is 12.5 Å². The second kappa shape index (κ2) is 6.68. The summed E-state index contributed by atoms with van der Waals surface area (Å²) in [5, 5.41) is 23.4. The van der Waals surface area contributed by atoms with Gasteiger partial charge in [-0.1, -0.05) is 30.0 Å². The maximum Gasteiger partial charge on any atom is 0.313 e. The zero-order chi connectivity index (χ0) is 15.4. The summed E-state index contributed by atoms with van der Waals surface area (Å²) in [6.07, 6.45) is 0.746. The first kappa shape index (κ1) is 15.4. The second-order valence-corrected chi connectivity index (χ2v) is 6.21. The van der Waals surface area contributed by atoms with Crippen molar-refractivity contribution in [3.63, 3.8) is 0 Å². The van der Waals surface area contributed by atoms with Crippen LogP contribution >= 0.6 is 23.1 Å². The van der Waals surface area contributed by atoms with Gasteiger partial charge in [0.2, 0.25) is 5.13 Å². The quantitative estimate of drug-likeness (QED) is 0.607. The van der Waals surface area contributed by atoms with Crippen molar-refractivity contribution in [2.45, 2.75) is 17.7 Å². The van der Waals surface area contributed by atoms with Crippen molar-refractivity contribution in [2.75, 3.05) is 11.1 Å². The molecule has 10 heteroatoms. The zero-order valence-corrected chi connectivity index (χ0v) is 13.0. The summed E-state index contributed by atoms with van der Waals surface area (Å²) in [6.45, 7) is 1.96. The van der Waals surface area contributed by atoms with Crippen molar-refractivity contribution >= 4 is 40.1 Å². The molecule has 0 bridgehead atoms. The van der Waals surface area contributed by atoms with Crippen LogP contribution in [-0.4, -0.2) is 42.7 Å². The lowest BCUT2D eigenvalue weighted by molar-refractivity contribution is -0.133. The van der Waals surface area contributed by atoms with E-state index in [1.807, 2.05) is 6.92 Å². The Balaban J connectivity index is 2.02. The Kier molecular flexibility index (Phi) is 4.91. The van der Waals surface area contributed by atoms with Crippen LogP contribution in [0.1, 0.15) is 23.1 Å². The summed E-state index contributed by atoms with van der Waals surface area (Å²) in [5.74, 6) is -1.34. The van der Waals surface area contributed by atoms with Crippen molar-refractivity contribution in [1.29, 1.82) is 0 Å². The number of anilines is 1. The number of aliphatic carboxylic acids is 1. The molecule has 0 fully saturated rings. The van der Waals surface area contributed by atoms with Gasteiger partial charge in [0.15, 0.2) is 4.34 Å². The highest BCUT2D eigenvalue weighted by Crippen LogP contribution is 2.25. The van der Waals surface area contributed by atoms with Crippen LogP contribution in [0.15, 0.2) is 10.4 Å². The number of hydrogen-bond acceptors (Lipinski definition) is 7. The highest BCUT2D eigenvalue weighted by molar-refractivity contribution is 8.01. The van der Waals surface area contributed by atoms with Gasteiger partial charge < -0.3 is 5.11 Å². The van der Waals surface area contributed by atoms with Crippen LogP contribution in [0.4, 0.5) is 5.13 Å². The predicted octanol–water partition coefficient (Wildman–Crippen LogP) is 1.26. The molecule has 112 valence electrons. The Morgan fingerprint density at radius 3 is 2.86 bits per heavy atom. The third-order valence-corrected chi connectivity index (χ3v) is 4.43. The minimum atomic E-state index is -0.928. The van der Waals surface area contributed by atoms with Gasteiger partial charge in [-0.2, -0.15) is 5.10 Å². The number of carboxylic acid groups (broad SMARTS) is 1. The number of hydrogen-bond donors (Lipinski definition) is 2. The Morgan fingerprint density at radius 2 is 2.24 bits per heavy atom. The van der Waals surface area contributed by atoms with E-state index in [4.69, 9.17) is 5.11 Å². The minimum Gasteiger partial charge on any atom is -0.481 e. The Bertz CT molecular complexity index is 667. The van der Waals surface area contributed by atoms with Crippen molar-refractivity contribution in [3.8, 4) is 0 Å². The maximum atomic E-state index is 12.1. The van der Waals surface area contributed by atoms with Crippen LogP contribution in [0.5, 0.6) is 0 Å². The average Bonchev–Trinajstić information content (AvgIpc) is 3.02. The number of carbonyl (C=O) groups excluding carboxylic acids is 1. The van der Waals surface area contributed by atoms with E-state index in [1.54, 1.807) is 13.1 Å². The van der Waals surface area contributed by atoms with Gasteiger partial charge in [-0.25, -0.2) is 0 Å². The van der Waals surface area contributed by atoms with E-state index in [0.29, 0.717) is 15.2 Å². The number of carboxylic acids is 1. The van der Waals surface area contributed by atoms with E-state index >= 15 is 0 Å². The van der Waals surface area contributed by atoms with Crippen LogP contribution in [0.2, 0.25) is 0 Å². The maximum absolute atomic E-state index is 12.1. The molecule has 0 aromatic carbocycles. The molecule has 0 aliphatic rings. The summed E-state index contributed by atoms with van der Waals surface area (Å²) in [4.78, 5) is 22.6. The fraction of sp³-hybridized carbons (Fsp3) is 0.364. The molecule has 1 amide bonds. The third-order valence-electron chi connectivity index (χ3n) is 2.47. The lowest BCUT2D eigenvalue weighted by atomic mass is 10.3. The topological polar surface area (TPSA) is 110 Å². The summed E-state index contributed by atoms with van der Waals surface area (Å²) >= 11 is 2.19. The first-order valence-electron chi connectivity index (χ1n) is 6.02. The van der Waals surface area contributed by atoms with Gasteiger partial charge in [0, 0.05) is 7.05 Å². The lowest BCUT2D eigenvalue weighted by Crippen LogP contribution is -2.15. The molecule has 0 aliphatic heterocycles. The van der Waals surface area contributed by atoms with E-state index in [-0.39, 0.29) is 11.7 Å². The molecule has 0 saturated carbocycles. The molecule has 0 aliphatic carbocycles. The van der Waals surface area contributed by atoms with Crippen molar-refractivity contribution < 1.29 is 14.7 Å². The molecule has 0 saturated heterocycles. The molecule has 2 rings (SSSR count). The molecular formula is C11H13N5O3S2. The summed E-state index contributed by atoms with van der Waals surface area (Å²) in [5.41, 5.74) is 1.26. The number of nitrogens with one attached hydrogen (secondary N) is 1. The highest BCUT2D eigenvalue weighted by Gasteiger charge is 2.15. The molecule has 0 unspecified atom stereocenters. The standard InChI is InChI=1S/C11H13N5O3S2/c1-3-6-4-7(16(2)15-6)9(19)12-10-13-14-11(21-10)20-5-8(17)18/h4H,3,5H2,1-2H3,(H,17,18)(H,12,13,19). The number of carbonyl (C=O) groups is 2. The number of nitrogens with zero attached hydrogens (tertiary/aromatic N) is 4. The van der Waals surface area contributed by atoms with Crippen LogP contribution in [-0.2, 0) is 18.3 Å². The molecule has 2 N–H and O–H groups in total. The zero-order valence-electron chi connectivity index (χ0n) is 11.4. The number of amides is 1. The summed E-state index contributed by atoms with van der Waals surface area (Å²) < 4.78 is 2.00. The van der Waals surface area contributed by atoms with E-state index < -0.39 is 5.97 Å². The van der Waals surface area contributed by atoms with Crippen LogP contribution < -0.4 is 5.32 Å². The number of aromatic nitrogens is 4. The Morgan fingerprint density at radius 1 is 1.48 bits per heavy atom. The van der Waals surface area contributed by atoms with E-state index in [0.717, 1.165) is 35.2 Å². The van der Waals surface area contributed by atoms with Crippen LogP contribution in [0, 0.1) is 0 Å². The fourth-order valence-corrected chi connectivity index (χ4v) is 2.98. The molecule has 21 heavy (non-hydrogen) atoms. The van der Waals surface area contributed by atoms with Gasteiger partial charge in [0.1, 0.15) is 5.69 Å². The van der Waals surface area contributed by atoms with Gasteiger partial charge in [0.05, 0.1) is 11.4 Å². The number of aryl methyl sites for hydroxylation is 2. The highest BCUT2D eigenvalue weighted by atomic mass is 32.2. The largest absolute Gasteiger partial charge is 0.481 e. The van der Waals surface area contributed by atoms with E-state index in [1.165, 1.54) is 4.68 Å². The minimum absolute atomic E-state index is 0.0931. The molecule has 0 atom stereocenters. The lowest BCUT2D eigenvalue weighted by Gasteiger charge is -2.00. The van der Waals surface area contributed by atoms with E-state index in [2.05, 4.69) is 20.6 Å². The number of rotatable bonds is 6. The SMILES string of the molecule is CCc1cc(C(=O)Nc2nnc(SCC(=O)O)s2)n(C)n1. The average molecular weight is 327 g/mol. The van der Waals surface area contributed by atoms with Crippen molar-refractivity contribution in [1.82, 2.24) is 20.0 Å². The first-order chi connectivity index (χ1) is 9.99. The predicted molar refractivity (Wildman–Crippen MR) is 78.8 cm³/mol. The number of thioether (sulfide) groups is 1. The van der Waals surface area contributed by atoms with Gasteiger partial charge in [-0.15, -0.1) is 10.2 Å². The van der Waals surface area contributed by atoms with Gasteiger partial charge in [-0.3, -0.25) is 19.6 Å². The van der Waals surface area contributed by atoms with Gasteiger partial charge >= 0.3 is 5.97 Å². The van der Waals surface area contributed by atoms with E-state index in [9.17, 15) is 9.59 Å². The molecule has 2 heterocycles. The molecule has 0 spiro atoms. The fourth-order valence-electron chi connectivity index (χ4n) is 1.52. The third kappa shape index (κ3) is 4.02. The normalized spacial score (nSPS) is 10.6. The molecule has 0 radical (unpaired) electrons. The molecule has 2 aromatic heterocycles. The summed E-state index contributed by atoms with van der Waals surface area (Å²) in [6, 6.07) is 1.72. The van der Waals surface area contributed by atoms with Crippen LogP contribution in [0.3, 0.4) is 0 Å².